The van der Waals surface area contributed by atoms with Gasteiger partial charge in [-0.3, -0.25) is 9.69 Å². The third-order valence-electron chi connectivity index (χ3n) is 4.01. The summed E-state index contributed by atoms with van der Waals surface area (Å²) in [4.78, 5) is 30.9. The molecule has 1 aromatic carbocycles. The van der Waals surface area contributed by atoms with Crippen molar-refractivity contribution in [3.8, 4) is 0 Å². The van der Waals surface area contributed by atoms with Crippen molar-refractivity contribution in [2.75, 3.05) is 12.9 Å². The molecule has 3 rings (SSSR count). The number of benzene rings is 1. The van der Waals surface area contributed by atoms with Gasteiger partial charge in [0.15, 0.2) is 5.17 Å². The maximum absolute atomic E-state index is 12.5. The quantitative estimate of drug-likeness (QED) is 0.783. The highest BCUT2D eigenvalue weighted by Crippen LogP contribution is 2.40. The smallest absolute Gasteiger partial charge is 0.338 e. The van der Waals surface area contributed by atoms with Gasteiger partial charge >= 0.3 is 5.97 Å². The Balaban J connectivity index is 2.17. The number of hydrogen-bond donors (Lipinski definition) is 0. The van der Waals surface area contributed by atoms with Crippen LogP contribution in [0.5, 0.6) is 0 Å². The van der Waals surface area contributed by atoms with Crippen molar-refractivity contribution in [2.24, 2.45) is 4.99 Å². The van der Waals surface area contributed by atoms with Crippen LogP contribution in [0.4, 0.5) is 0 Å². The van der Waals surface area contributed by atoms with E-state index in [-0.39, 0.29) is 5.91 Å². The van der Waals surface area contributed by atoms with E-state index in [9.17, 15) is 9.59 Å². The molecule has 2 aliphatic rings. The van der Waals surface area contributed by atoms with E-state index in [0.29, 0.717) is 22.9 Å². The summed E-state index contributed by atoms with van der Waals surface area (Å²) in [6.45, 7) is 3.79. The zero-order chi connectivity index (χ0) is 16.6. The lowest BCUT2D eigenvalue weighted by atomic mass is 9.93. The number of amides is 1. The van der Waals surface area contributed by atoms with Gasteiger partial charge in [-0.2, -0.15) is 0 Å². The molecule has 1 fully saturated rings. The Morgan fingerprint density at radius 2 is 2.00 bits per heavy atom. The van der Waals surface area contributed by atoms with Crippen LogP contribution in [0.1, 0.15) is 30.5 Å². The van der Waals surface area contributed by atoms with Gasteiger partial charge in [-0.25, -0.2) is 9.79 Å². The molecule has 0 radical (unpaired) electrons. The van der Waals surface area contributed by atoms with Gasteiger partial charge in [-0.1, -0.05) is 41.6 Å². The second-order valence-corrected chi connectivity index (χ2v) is 6.62. The first-order chi connectivity index (χ1) is 11.0. The standard InChI is InChI=1S/C17H18N2O3S/c1-10-4-6-12(7-5-10)15-14(16(21)22-3)11(2)18-17-19(15)13(20)8-9-23-17/h4-7,15H,8-9H2,1-3H3/t15-/m0/s1. The summed E-state index contributed by atoms with van der Waals surface area (Å²) >= 11 is 1.55. The molecule has 0 spiro atoms. The number of ether oxygens (including phenoxy) is 1. The molecule has 6 heteroatoms. The van der Waals surface area contributed by atoms with Gasteiger partial charge in [0.1, 0.15) is 0 Å². The Hall–Kier alpha value is -2.08. The highest BCUT2D eigenvalue weighted by atomic mass is 32.2. The fourth-order valence-electron chi connectivity index (χ4n) is 2.83. The van der Waals surface area contributed by atoms with Crippen LogP contribution in [0.2, 0.25) is 0 Å². The molecule has 0 unspecified atom stereocenters. The zero-order valence-electron chi connectivity index (χ0n) is 13.3. The summed E-state index contributed by atoms with van der Waals surface area (Å²) in [5.74, 6) is 0.261. The summed E-state index contributed by atoms with van der Waals surface area (Å²) in [5, 5.41) is 0.664. The van der Waals surface area contributed by atoms with E-state index in [1.54, 1.807) is 23.6 Å². The molecule has 0 aromatic heterocycles. The molecule has 0 saturated carbocycles. The van der Waals surface area contributed by atoms with Crippen LogP contribution in [0.25, 0.3) is 0 Å². The monoisotopic (exact) mass is 330 g/mol. The van der Waals surface area contributed by atoms with E-state index in [2.05, 4.69) is 4.99 Å². The SMILES string of the molecule is COC(=O)C1=C(C)N=C2SCCC(=O)N2[C@H]1c1ccc(C)cc1. The molecule has 5 nitrogen and oxygen atoms in total. The van der Waals surface area contributed by atoms with Crippen molar-refractivity contribution < 1.29 is 14.3 Å². The van der Waals surface area contributed by atoms with Crippen LogP contribution in [0.15, 0.2) is 40.5 Å². The van der Waals surface area contributed by atoms with Crippen molar-refractivity contribution in [1.29, 1.82) is 0 Å². The molecular formula is C17H18N2O3S. The average Bonchev–Trinajstić information content (AvgIpc) is 2.54. The topological polar surface area (TPSA) is 59.0 Å². The van der Waals surface area contributed by atoms with Gasteiger partial charge in [0, 0.05) is 12.2 Å². The van der Waals surface area contributed by atoms with E-state index < -0.39 is 12.0 Å². The number of hydrogen-bond acceptors (Lipinski definition) is 5. The van der Waals surface area contributed by atoms with Crippen LogP contribution < -0.4 is 0 Å². The molecule has 2 aliphatic heterocycles. The highest BCUT2D eigenvalue weighted by Gasteiger charge is 2.41. The van der Waals surface area contributed by atoms with E-state index in [4.69, 9.17) is 4.74 Å². The Kier molecular flexibility index (Phi) is 4.26. The highest BCUT2D eigenvalue weighted by molar-refractivity contribution is 8.14. The molecule has 1 aromatic rings. The number of carbonyl (C=O) groups is 2. The summed E-state index contributed by atoms with van der Waals surface area (Å²) in [5.41, 5.74) is 3.04. The first-order valence-electron chi connectivity index (χ1n) is 7.42. The maximum Gasteiger partial charge on any atom is 0.338 e. The first-order valence-corrected chi connectivity index (χ1v) is 8.40. The molecule has 1 amide bonds. The number of methoxy groups -OCH3 is 1. The average molecular weight is 330 g/mol. The predicted molar refractivity (Wildman–Crippen MR) is 90.0 cm³/mol. The summed E-state index contributed by atoms with van der Waals surface area (Å²) < 4.78 is 4.94. The number of aryl methyl sites for hydroxylation is 1. The van der Waals surface area contributed by atoms with Crippen molar-refractivity contribution in [1.82, 2.24) is 4.90 Å². The van der Waals surface area contributed by atoms with Gasteiger partial charge in [-0.05, 0) is 19.4 Å². The van der Waals surface area contributed by atoms with E-state index >= 15 is 0 Å². The molecule has 120 valence electrons. The van der Waals surface area contributed by atoms with Crippen molar-refractivity contribution in [3.63, 3.8) is 0 Å². The zero-order valence-corrected chi connectivity index (χ0v) is 14.1. The number of nitrogens with zero attached hydrogens (tertiary/aromatic N) is 2. The number of aliphatic imine (C=N–C) groups is 1. The minimum Gasteiger partial charge on any atom is -0.466 e. The Morgan fingerprint density at radius 1 is 1.30 bits per heavy atom. The third-order valence-corrected chi connectivity index (χ3v) is 4.96. The largest absolute Gasteiger partial charge is 0.466 e. The minimum atomic E-state index is -0.476. The van der Waals surface area contributed by atoms with Gasteiger partial charge in [0.25, 0.3) is 0 Å². The van der Waals surface area contributed by atoms with Gasteiger partial charge < -0.3 is 4.74 Å². The Morgan fingerprint density at radius 3 is 2.65 bits per heavy atom. The molecule has 1 atom stereocenters. The molecular weight excluding hydrogens is 312 g/mol. The first kappa shape index (κ1) is 15.8. The fourth-order valence-corrected chi connectivity index (χ4v) is 3.84. The molecule has 0 aliphatic carbocycles. The van der Waals surface area contributed by atoms with Crippen molar-refractivity contribution in [3.05, 3.63) is 46.7 Å². The van der Waals surface area contributed by atoms with Crippen LogP contribution >= 0.6 is 11.8 Å². The number of esters is 1. The summed E-state index contributed by atoms with van der Waals surface area (Å²) in [6.07, 6.45) is 0.444. The van der Waals surface area contributed by atoms with Crippen LogP contribution in [0, 0.1) is 6.92 Å². The fraction of sp³-hybridized carbons (Fsp3) is 0.353. The Bertz CT molecular complexity index is 722. The van der Waals surface area contributed by atoms with E-state index in [0.717, 1.165) is 16.9 Å². The lowest BCUT2D eigenvalue weighted by Gasteiger charge is -2.38. The predicted octanol–water partition coefficient (Wildman–Crippen LogP) is 2.82. The molecule has 0 bridgehead atoms. The van der Waals surface area contributed by atoms with Crippen molar-refractivity contribution >= 4 is 28.8 Å². The van der Waals surface area contributed by atoms with Crippen LogP contribution in [-0.2, 0) is 14.3 Å². The molecule has 0 N–H and O–H groups in total. The number of fused-ring (bicyclic) bond motifs is 1. The lowest BCUT2D eigenvalue weighted by molar-refractivity contribution is -0.137. The molecule has 1 saturated heterocycles. The normalized spacial score (nSPS) is 21.0. The maximum atomic E-state index is 12.5. The van der Waals surface area contributed by atoms with Gasteiger partial charge in [-0.15, -0.1) is 0 Å². The number of amidine groups is 1. The minimum absolute atomic E-state index is 0.0121. The van der Waals surface area contributed by atoms with Gasteiger partial charge in [0.2, 0.25) is 5.91 Å². The number of allylic oxidation sites excluding steroid dienone is 1. The Labute approximate surface area is 139 Å². The van der Waals surface area contributed by atoms with Crippen molar-refractivity contribution in [2.45, 2.75) is 26.3 Å². The molecule has 23 heavy (non-hydrogen) atoms. The molecule has 2 heterocycles. The second kappa shape index (κ2) is 6.20. The third kappa shape index (κ3) is 2.79. The van der Waals surface area contributed by atoms with Crippen LogP contribution in [-0.4, -0.2) is 34.8 Å². The van der Waals surface area contributed by atoms with E-state index in [1.807, 2.05) is 31.2 Å². The second-order valence-electron chi connectivity index (χ2n) is 5.56. The number of thioether (sulfide) groups is 1. The number of rotatable bonds is 2. The summed E-state index contributed by atoms with van der Waals surface area (Å²) in [6, 6.07) is 7.38. The summed E-state index contributed by atoms with van der Waals surface area (Å²) in [7, 11) is 1.35. The van der Waals surface area contributed by atoms with Crippen LogP contribution in [0.3, 0.4) is 0 Å². The number of carbonyl (C=O) groups excluding carboxylic acids is 2. The van der Waals surface area contributed by atoms with Gasteiger partial charge in [0.05, 0.1) is 24.4 Å². The van der Waals surface area contributed by atoms with E-state index in [1.165, 1.54) is 7.11 Å². The lowest BCUT2D eigenvalue weighted by Crippen LogP contribution is -2.45.